The van der Waals surface area contributed by atoms with Gasteiger partial charge in [-0.1, -0.05) is 18.2 Å². The summed E-state index contributed by atoms with van der Waals surface area (Å²) in [7, 11) is 2.40. The number of aryl methyl sites for hydroxylation is 1. The first-order valence-corrected chi connectivity index (χ1v) is 8.92. The van der Waals surface area contributed by atoms with Crippen LogP contribution in [0.5, 0.6) is 0 Å². The Labute approximate surface area is 171 Å². The number of methoxy groups -OCH3 is 2. The second-order valence-corrected chi connectivity index (χ2v) is 6.42. The molecule has 0 atom stereocenters. The average molecular weight is 409 g/mol. The van der Waals surface area contributed by atoms with Gasteiger partial charge in [-0.05, 0) is 31.2 Å². The summed E-state index contributed by atoms with van der Waals surface area (Å²) in [6.07, 6.45) is 0. The number of carbonyl (C=O) groups excluding carboxylic acids is 3. The first kappa shape index (κ1) is 20.7. The summed E-state index contributed by atoms with van der Waals surface area (Å²) in [4.78, 5) is 48.9. The normalized spacial score (nSPS) is 10.5. The number of ether oxygens (including phenoxy) is 2. The van der Waals surface area contributed by atoms with Crippen LogP contribution in [-0.4, -0.2) is 41.8 Å². The van der Waals surface area contributed by atoms with Crippen molar-refractivity contribution in [2.75, 3.05) is 19.5 Å². The average Bonchev–Trinajstić information content (AvgIpc) is 2.75. The van der Waals surface area contributed by atoms with Crippen molar-refractivity contribution in [3.63, 3.8) is 0 Å². The molecule has 0 bridgehead atoms. The second-order valence-electron chi connectivity index (χ2n) is 6.42. The minimum absolute atomic E-state index is 0.0625. The first-order chi connectivity index (χ1) is 14.3. The van der Waals surface area contributed by atoms with Crippen LogP contribution in [0.25, 0.3) is 10.8 Å². The van der Waals surface area contributed by atoms with Gasteiger partial charge in [-0.15, -0.1) is 0 Å². The molecule has 154 valence electrons. The molecular weight excluding hydrogens is 390 g/mol. The fraction of sp³-hybridized carbons (Fsp3) is 0.190. The zero-order valence-corrected chi connectivity index (χ0v) is 16.6. The molecule has 2 aromatic carbocycles. The molecule has 0 aliphatic carbocycles. The number of hydrogen-bond acceptors (Lipinski definition) is 7. The maximum absolute atomic E-state index is 12.6. The van der Waals surface area contributed by atoms with Gasteiger partial charge in [-0.25, -0.2) is 14.3 Å². The van der Waals surface area contributed by atoms with Crippen LogP contribution >= 0.6 is 0 Å². The number of benzene rings is 2. The van der Waals surface area contributed by atoms with E-state index in [2.05, 4.69) is 19.9 Å². The fourth-order valence-electron chi connectivity index (χ4n) is 3.02. The number of amides is 1. The van der Waals surface area contributed by atoms with Crippen LogP contribution in [0, 0.1) is 6.92 Å². The van der Waals surface area contributed by atoms with E-state index in [0.29, 0.717) is 16.5 Å². The smallest absolute Gasteiger partial charge is 0.337 e. The lowest BCUT2D eigenvalue weighted by atomic mass is 10.1. The molecule has 1 aromatic heterocycles. The van der Waals surface area contributed by atoms with Gasteiger partial charge in [0.2, 0.25) is 5.91 Å². The Balaban J connectivity index is 1.90. The van der Waals surface area contributed by atoms with Crippen LogP contribution in [0.15, 0.2) is 47.3 Å². The number of nitrogens with one attached hydrogen (secondary N) is 1. The summed E-state index contributed by atoms with van der Waals surface area (Å²) in [5.41, 5.74) is 0.512. The summed E-state index contributed by atoms with van der Waals surface area (Å²) >= 11 is 0. The van der Waals surface area contributed by atoms with Crippen molar-refractivity contribution in [1.29, 1.82) is 0 Å². The van der Waals surface area contributed by atoms with Gasteiger partial charge in [-0.2, -0.15) is 5.10 Å². The highest BCUT2D eigenvalue weighted by molar-refractivity contribution is 5.99. The number of carbonyl (C=O) groups is 3. The molecule has 0 saturated carbocycles. The number of aromatic nitrogens is 2. The molecule has 1 N–H and O–H groups in total. The molecule has 30 heavy (non-hydrogen) atoms. The van der Waals surface area contributed by atoms with E-state index in [1.54, 1.807) is 31.2 Å². The molecule has 9 nitrogen and oxygen atoms in total. The number of esters is 2. The van der Waals surface area contributed by atoms with E-state index in [4.69, 9.17) is 0 Å². The topological polar surface area (TPSA) is 117 Å². The minimum Gasteiger partial charge on any atom is -0.465 e. The van der Waals surface area contributed by atoms with Gasteiger partial charge < -0.3 is 14.8 Å². The molecule has 0 fully saturated rings. The van der Waals surface area contributed by atoms with Crippen LogP contribution in [-0.2, 0) is 20.8 Å². The predicted octanol–water partition coefficient (Wildman–Crippen LogP) is 1.92. The lowest BCUT2D eigenvalue weighted by molar-refractivity contribution is -0.117. The van der Waals surface area contributed by atoms with Crippen LogP contribution in [0.1, 0.15) is 26.4 Å². The number of hydrogen-bond donors (Lipinski definition) is 1. The van der Waals surface area contributed by atoms with E-state index in [1.165, 1.54) is 32.4 Å². The molecule has 0 spiro atoms. The highest BCUT2D eigenvalue weighted by Gasteiger charge is 2.16. The molecular formula is C21H19N3O6. The molecule has 9 heteroatoms. The third-order valence-electron chi connectivity index (χ3n) is 4.40. The monoisotopic (exact) mass is 409 g/mol. The van der Waals surface area contributed by atoms with Crippen molar-refractivity contribution in [3.05, 3.63) is 69.6 Å². The lowest BCUT2D eigenvalue weighted by Crippen LogP contribution is -2.30. The summed E-state index contributed by atoms with van der Waals surface area (Å²) in [6.45, 7) is 1.40. The van der Waals surface area contributed by atoms with E-state index < -0.39 is 23.4 Å². The van der Waals surface area contributed by atoms with Crippen molar-refractivity contribution in [3.8, 4) is 0 Å². The van der Waals surface area contributed by atoms with Crippen LogP contribution in [0.3, 0.4) is 0 Å². The minimum atomic E-state index is -0.681. The molecule has 0 radical (unpaired) electrons. The third kappa shape index (κ3) is 4.19. The number of fused-ring (bicyclic) bond motifs is 1. The summed E-state index contributed by atoms with van der Waals surface area (Å²) < 4.78 is 10.4. The molecule has 0 aliphatic heterocycles. The Morgan fingerprint density at radius 1 is 0.967 bits per heavy atom. The van der Waals surface area contributed by atoms with Gasteiger partial charge in [0, 0.05) is 11.1 Å². The number of anilines is 1. The van der Waals surface area contributed by atoms with E-state index in [-0.39, 0.29) is 23.4 Å². The van der Waals surface area contributed by atoms with Gasteiger partial charge in [-0.3, -0.25) is 9.59 Å². The number of nitrogens with zero attached hydrogens (tertiary/aromatic N) is 2. The fourth-order valence-corrected chi connectivity index (χ4v) is 3.02. The first-order valence-electron chi connectivity index (χ1n) is 8.92. The zero-order chi connectivity index (χ0) is 21.8. The SMILES string of the molecule is COC(=O)c1cc(NC(=O)Cn2nc(C)c3ccccc3c2=O)cc(C(=O)OC)c1. The van der Waals surface area contributed by atoms with Crippen molar-refractivity contribution in [2.24, 2.45) is 0 Å². The quantitative estimate of drug-likeness (QED) is 0.640. The largest absolute Gasteiger partial charge is 0.465 e. The molecule has 0 aliphatic rings. The van der Waals surface area contributed by atoms with Crippen molar-refractivity contribution >= 4 is 34.3 Å². The maximum Gasteiger partial charge on any atom is 0.337 e. The summed E-state index contributed by atoms with van der Waals surface area (Å²) in [6, 6.07) is 11.0. The van der Waals surface area contributed by atoms with Crippen LogP contribution in [0.2, 0.25) is 0 Å². The van der Waals surface area contributed by atoms with E-state index >= 15 is 0 Å². The maximum atomic E-state index is 12.6. The molecule has 0 unspecified atom stereocenters. The van der Waals surface area contributed by atoms with Gasteiger partial charge in [0.25, 0.3) is 5.56 Å². The Bertz CT molecular complexity index is 1180. The molecule has 3 rings (SSSR count). The van der Waals surface area contributed by atoms with Gasteiger partial charge in [0.05, 0.1) is 36.4 Å². The van der Waals surface area contributed by atoms with Gasteiger partial charge in [0.15, 0.2) is 0 Å². The Hall–Kier alpha value is -4.01. The van der Waals surface area contributed by atoms with Gasteiger partial charge in [0.1, 0.15) is 6.54 Å². The van der Waals surface area contributed by atoms with E-state index in [1.807, 2.05) is 0 Å². The standard InChI is InChI=1S/C21H19N3O6/c1-12-16-6-4-5-7-17(16)19(26)24(23-12)11-18(25)22-15-9-13(20(27)29-2)8-14(10-15)21(28)30-3/h4-10H,11H2,1-3H3,(H,22,25). The summed E-state index contributed by atoms with van der Waals surface area (Å²) in [5.74, 6) is -1.92. The van der Waals surface area contributed by atoms with Gasteiger partial charge >= 0.3 is 11.9 Å². The second kappa shape index (κ2) is 8.56. The third-order valence-corrected chi connectivity index (χ3v) is 4.40. The van der Waals surface area contributed by atoms with Crippen molar-refractivity contribution < 1.29 is 23.9 Å². The summed E-state index contributed by atoms with van der Waals surface area (Å²) in [5, 5.41) is 7.94. The van der Waals surface area contributed by atoms with E-state index in [0.717, 1.165) is 4.68 Å². The molecule has 1 amide bonds. The molecule has 1 heterocycles. The lowest BCUT2D eigenvalue weighted by Gasteiger charge is -2.11. The van der Waals surface area contributed by atoms with Crippen LogP contribution < -0.4 is 10.9 Å². The Kier molecular flexibility index (Phi) is 5.91. The highest BCUT2D eigenvalue weighted by atomic mass is 16.5. The predicted molar refractivity (Wildman–Crippen MR) is 108 cm³/mol. The zero-order valence-electron chi connectivity index (χ0n) is 16.6. The van der Waals surface area contributed by atoms with Crippen molar-refractivity contribution in [1.82, 2.24) is 9.78 Å². The molecule has 0 saturated heterocycles. The number of rotatable bonds is 5. The highest BCUT2D eigenvalue weighted by Crippen LogP contribution is 2.17. The Morgan fingerprint density at radius 3 is 2.10 bits per heavy atom. The molecule has 3 aromatic rings. The van der Waals surface area contributed by atoms with Crippen molar-refractivity contribution in [2.45, 2.75) is 13.5 Å². The van der Waals surface area contributed by atoms with E-state index in [9.17, 15) is 19.2 Å². The Morgan fingerprint density at radius 2 is 1.53 bits per heavy atom. The van der Waals surface area contributed by atoms with Crippen LogP contribution in [0.4, 0.5) is 5.69 Å².